The second kappa shape index (κ2) is 7.06. The van der Waals surface area contributed by atoms with Gasteiger partial charge in [-0.2, -0.15) is 5.10 Å². The Morgan fingerprint density at radius 1 is 1.41 bits per heavy atom. The van der Waals surface area contributed by atoms with Crippen molar-refractivity contribution < 1.29 is 13.2 Å². The summed E-state index contributed by atoms with van der Waals surface area (Å²) < 4.78 is 27.6. The van der Waals surface area contributed by atoms with E-state index in [9.17, 15) is 13.2 Å². The molecule has 1 N–H and O–H groups in total. The van der Waals surface area contributed by atoms with Crippen molar-refractivity contribution in [2.75, 3.05) is 0 Å². The Labute approximate surface area is 134 Å². The number of rotatable bonds is 7. The molecule has 0 radical (unpaired) electrons. The van der Waals surface area contributed by atoms with Gasteiger partial charge in [0.05, 0.1) is 6.20 Å². The topological polar surface area (TPSA) is 81.1 Å². The SMILES string of the molecule is CCn1cc(S(=O)(=O)NC(=O)CCCc2ccc(C)s2)cn1. The molecule has 22 heavy (non-hydrogen) atoms. The Morgan fingerprint density at radius 2 is 2.18 bits per heavy atom. The molecule has 0 unspecified atom stereocenters. The van der Waals surface area contributed by atoms with Crippen LogP contribution < -0.4 is 4.72 Å². The maximum absolute atomic E-state index is 12.0. The quantitative estimate of drug-likeness (QED) is 0.836. The number of aromatic nitrogens is 2. The molecule has 120 valence electrons. The molecule has 2 rings (SSSR count). The number of sulfonamides is 1. The van der Waals surface area contributed by atoms with Crippen molar-refractivity contribution in [3.8, 4) is 0 Å². The van der Waals surface area contributed by atoms with Crippen molar-refractivity contribution in [1.82, 2.24) is 14.5 Å². The van der Waals surface area contributed by atoms with E-state index in [1.165, 1.54) is 26.8 Å². The Hall–Kier alpha value is -1.67. The molecule has 0 bridgehead atoms. The van der Waals surface area contributed by atoms with E-state index in [0.717, 1.165) is 6.42 Å². The van der Waals surface area contributed by atoms with Gasteiger partial charge in [-0.25, -0.2) is 13.1 Å². The molecule has 0 atom stereocenters. The fraction of sp³-hybridized carbons (Fsp3) is 0.429. The van der Waals surface area contributed by atoms with E-state index >= 15 is 0 Å². The van der Waals surface area contributed by atoms with E-state index in [-0.39, 0.29) is 11.3 Å². The predicted molar refractivity (Wildman–Crippen MR) is 85.2 cm³/mol. The molecule has 0 fully saturated rings. The van der Waals surface area contributed by atoms with E-state index in [4.69, 9.17) is 0 Å². The Balaban J connectivity index is 1.85. The van der Waals surface area contributed by atoms with Gasteiger partial charge in [0.2, 0.25) is 5.91 Å². The number of nitrogens with one attached hydrogen (secondary N) is 1. The van der Waals surface area contributed by atoms with Crippen LogP contribution in [0.3, 0.4) is 0 Å². The number of aryl methyl sites for hydroxylation is 3. The number of carbonyl (C=O) groups excluding carboxylic acids is 1. The normalized spacial score (nSPS) is 11.5. The average Bonchev–Trinajstić information content (AvgIpc) is 3.07. The number of hydrogen-bond acceptors (Lipinski definition) is 5. The van der Waals surface area contributed by atoms with Crippen LogP contribution in [0.1, 0.15) is 29.5 Å². The van der Waals surface area contributed by atoms with Gasteiger partial charge < -0.3 is 0 Å². The smallest absolute Gasteiger partial charge is 0.267 e. The van der Waals surface area contributed by atoms with Gasteiger partial charge in [-0.05, 0) is 38.8 Å². The highest BCUT2D eigenvalue weighted by atomic mass is 32.2. The molecular formula is C14H19N3O3S2. The summed E-state index contributed by atoms with van der Waals surface area (Å²) in [6.45, 7) is 4.46. The lowest BCUT2D eigenvalue weighted by Gasteiger charge is -2.04. The lowest BCUT2D eigenvalue weighted by molar-refractivity contribution is -0.119. The van der Waals surface area contributed by atoms with Crippen LogP contribution >= 0.6 is 11.3 Å². The third kappa shape index (κ3) is 4.41. The van der Waals surface area contributed by atoms with Gasteiger partial charge in [0.1, 0.15) is 4.90 Å². The molecule has 1 amide bonds. The second-order valence-corrected chi connectivity index (χ2v) is 7.98. The molecule has 0 spiro atoms. The molecule has 0 aliphatic heterocycles. The van der Waals surface area contributed by atoms with Crippen LogP contribution in [0.5, 0.6) is 0 Å². The molecule has 0 aliphatic rings. The molecule has 2 aromatic heterocycles. The highest BCUT2D eigenvalue weighted by Gasteiger charge is 2.19. The molecule has 6 nitrogen and oxygen atoms in total. The summed E-state index contributed by atoms with van der Waals surface area (Å²) in [7, 11) is -3.82. The van der Waals surface area contributed by atoms with Gasteiger partial charge in [-0.3, -0.25) is 9.48 Å². The second-order valence-electron chi connectivity index (χ2n) is 4.93. The summed E-state index contributed by atoms with van der Waals surface area (Å²) in [5.41, 5.74) is 0. The summed E-state index contributed by atoms with van der Waals surface area (Å²) in [6, 6.07) is 4.07. The van der Waals surface area contributed by atoms with Crippen LogP contribution in [0, 0.1) is 6.92 Å². The van der Waals surface area contributed by atoms with Gasteiger partial charge in [0, 0.05) is 28.9 Å². The Bertz CT molecular complexity index is 747. The molecule has 2 aromatic rings. The third-order valence-corrected chi connectivity index (χ3v) is 5.50. The first-order valence-electron chi connectivity index (χ1n) is 7.04. The van der Waals surface area contributed by atoms with Crippen molar-refractivity contribution >= 4 is 27.3 Å². The van der Waals surface area contributed by atoms with Crippen LogP contribution in [-0.2, 0) is 27.8 Å². The minimum atomic E-state index is -3.82. The van der Waals surface area contributed by atoms with E-state index < -0.39 is 15.9 Å². The predicted octanol–water partition coefficient (Wildman–Crippen LogP) is 2.10. The first kappa shape index (κ1) is 16.7. The fourth-order valence-corrected chi connectivity index (χ4v) is 3.86. The maximum Gasteiger partial charge on any atom is 0.267 e. The number of hydrogen-bond donors (Lipinski definition) is 1. The lowest BCUT2D eigenvalue weighted by atomic mass is 10.2. The molecular weight excluding hydrogens is 322 g/mol. The van der Waals surface area contributed by atoms with Crippen molar-refractivity contribution in [3.05, 3.63) is 34.3 Å². The van der Waals surface area contributed by atoms with Crippen LogP contribution in [0.25, 0.3) is 0 Å². The summed E-state index contributed by atoms with van der Waals surface area (Å²) in [6.07, 6.45) is 4.23. The van der Waals surface area contributed by atoms with E-state index in [1.54, 1.807) is 11.3 Å². The number of thiophene rings is 1. The minimum absolute atomic E-state index is 0.0107. The zero-order valence-corrected chi connectivity index (χ0v) is 14.2. The molecule has 0 saturated carbocycles. The summed E-state index contributed by atoms with van der Waals surface area (Å²) in [5, 5.41) is 3.90. The lowest BCUT2D eigenvalue weighted by Crippen LogP contribution is -2.30. The van der Waals surface area contributed by atoms with Crippen molar-refractivity contribution in [2.24, 2.45) is 0 Å². The molecule has 2 heterocycles. The summed E-state index contributed by atoms with van der Waals surface area (Å²) >= 11 is 1.69. The number of amides is 1. The summed E-state index contributed by atoms with van der Waals surface area (Å²) in [4.78, 5) is 14.2. The molecule has 0 aliphatic carbocycles. The van der Waals surface area contributed by atoms with Gasteiger partial charge in [0.25, 0.3) is 10.0 Å². The number of nitrogens with zero attached hydrogens (tertiary/aromatic N) is 2. The van der Waals surface area contributed by atoms with Crippen LogP contribution in [0.2, 0.25) is 0 Å². The van der Waals surface area contributed by atoms with Crippen molar-refractivity contribution in [1.29, 1.82) is 0 Å². The summed E-state index contributed by atoms with van der Waals surface area (Å²) in [5.74, 6) is -0.488. The molecule has 0 aromatic carbocycles. The van der Waals surface area contributed by atoms with Crippen molar-refractivity contribution in [2.45, 2.75) is 44.6 Å². The Kier molecular flexibility index (Phi) is 5.36. The van der Waals surface area contributed by atoms with Gasteiger partial charge in [-0.15, -0.1) is 11.3 Å². The van der Waals surface area contributed by atoms with Gasteiger partial charge in [-0.1, -0.05) is 0 Å². The monoisotopic (exact) mass is 341 g/mol. The fourth-order valence-electron chi connectivity index (χ4n) is 1.96. The zero-order valence-electron chi connectivity index (χ0n) is 12.6. The minimum Gasteiger partial charge on any atom is -0.274 e. The maximum atomic E-state index is 12.0. The Morgan fingerprint density at radius 3 is 2.77 bits per heavy atom. The van der Waals surface area contributed by atoms with Crippen LogP contribution in [0.4, 0.5) is 0 Å². The first-order valence-corrected chi connectivity index (χ1v) is 9.34. The zero-order chi connectivity index (χ0) is 16.2. The van der Waals surface area contributed by atoms with E-state index in [0.29, 0.717) is 13.0 Å². The third-order valence-electron chi connectivity index (χ3n) is 3.12. The van der Waals surface area contributed by atoms with Crippen LogP contribution in [-0.4, -0.2) is 24.1 Å². The highest BCUT2D eigenvalue weighted by molar-refractivity contribution is 7.90. The molecule has 0 saturated heterocycles. The van der Waals surface area contributed by atoms with Gasteiger partial charge >= 0.3 is 0 Å². The largest absolute Gasteiger partial charge is 0.274 e. The first-order chi connectivity index (χ1) is 10.4. The van der Waals surface area contributed by atoms with Crippen LogP contribution in [0.15, 0.2) is 29.4 Å². The van der Waals surface area contributed by atoms with E-state index in [1.807, 2.05) is 26.0 Å². The standard InChI is InChI=1S/C14H19N3O3S2/c1-3-17-10-13(9-15-17)22(19,20)16-14(18)6-4-5-12-8-7-11(2)21-12/h7-10H,3-6H2,1-2H3,(H,16,18). The van der Waals surface area contributed by atoms with Gasteiger partial charge in [0.15, 0.2) is 0 Å². The average molecular weight is 341 g/mol. The number of carbonyl (C=O) groups is 1. The van der Waals surface area contributed by atoms with Crippen molar-refractivity contribution in [3.63, 3.8) is 0 Å². The highest BCUT2D eigenvalue weighted by Crippen LogP contribution is 2.17. The van der Waals surface area contributed by atoms with E-state index in [2.05, 4.69) is 9.82 Å². The molecule has 8 heteroatoms.